The molecule has 3 rings (SSSR count). The van der Waals surface area contributed by atoms with Gasteiger partial charge in [0, 0.05) is 56.0 Å². The number of methoxy groups -OCH3 is 2. The molecule has 198 valence electrons. The summed E-state index contributed by atoms with van der Waals surface area (Å²) in [5.74, 6) is -0.189. The second-order valence-corrected chi connectivity index (χ2v) is 9.65. The van der Waals surface area contributed by atoms with E-state index in [1.807, 2.05) is 35.7 Å². The fourth-order valence-corrected chi connectivity index (χ4v) is 4.52. The average Bonchev–Trinajstić information content (AvgIpc) is 3.43. The van der Waals surface area contributed by atoms with E-state index in [4.69, 9.17) is 9.47 Å². The van der Waals surface area contributed by atoms with Gasteiger partial charge in [0.25, 0.3) is 5.91 Å². The summed E-state index contributed by atoms with van der Waals surface area (Å²) >= 11 is 1.59. The Balaban J connectivity index is 1.63. The van der Waals surface area contributed by atoms with Crippen LogP contribution < -0.4 is 16.0 Å². The van der Waals surface area contributed by atoms with E-state index in [9.17, 15) is 9.59 Å². The van der Waals surface area contributed by atoms with Crippen LogP contribution in [-0.4, -0.2) is 69.9 Å². The van der Waals surface area contributed by atoms with Gasteiger partial charge in [-0.1, -0.05) is 42.5 Å². The van der Waals surface area contributed by atoms with Gasteiger partial charge in [-0.3, -0.25) is 9.69 Å². The first-order chi connectivity index (χ1) is 18.1. The van der Waals surface area contributed by atoms with Crippen molar-refractivity contribution >= 4 is 29.0 Å². The summed E-state index contributed by atoms with van der Waals surface area (Å²) in [4.78, 5) is 28.9. The van der Waals surface area contributed by atoms with E-state index >= 15 is 0 Å². The van der Waals surface area contributed by atoms with Crippen molar-refractivity contribution in [1.29, 1.82) is 0 Å². The number of urea groups is 1. The third-order valence-corrected chi connectivity index (χ3v) is 6.62. The summed E-state index contributed by atoms with van der Waals surface area (Å²) in [5, 5.41) is 10.9. The zero-order valence-electron chi connectivity index (χ0n) is 21.4. The highest BCUT2D eigenvalue weighted by atomic mass is 32.1. The lowest BCUT2D eigenvalue weighted by Crippen LogP contribution is -2.48. The molecular weight excluding hydrogens is 488 g/mol. The molecule has 2 aromatic carbocycles. The number of amides is 3. The van der Waals surface area contributed by atoms with Crippen molar-refractivity contribution < 1.29 is 19.1 Å². The van der Waals surface area contributed by atoms with Crippen molar-refractivity contribution in [3.63, 3.8) is 0 Å². The van der Waals surface area contributed by atoms with Gasteiger partial charge in [0.05, 0.1) is 19.8 Å². The minimum Gasteiger partial charge on any atom is -0.383 e. The Kier molecular flexibility index (Phi) is 12.1. The minimum atomic E-state index is -0.324. The molecule has 8 nitrogen and oxygen atoms in total. The first-order valence-electron chi connectivity index (χ1n) is 12.3. The van der Waals surface area contributed by atoms with Crippen LogP contribution in [0.1, 0.15) is 20.8 Å². The number of anilines is 1. The number of hydrogen-bond donors (Lipinski definition) is 3. The molecule has 3 amide bonds. The van der Waals surface area contributed by atoms with Gasteiger partial charge in [-0.25, -0.2) is 4.79 Å². The Morgan fingerprint density at radius 1 is 0.946 bits per heavy atom. The molecule has 0 radical (unpaired) electrons. The standard InChI is InChI=1S/C28H36N4O4S/c1-35-15-13-32(14-16-36-2)21-25(18-22-8-4-3-5-9-22)31-28(34)30-24-11-6-10-23(19-24)27(33)29-20-26-12-7-17-37-26/h3-12,17,19,25H,13-16,18,20-21H2,1-2H3,(H,29,33)(H2,30,31,34). The quantitative estimate of drug-likeness (QED) is 0.280. The normalized spacial score (nSPS) is 11.8. The number of ether oxygens (including phenoxy) is 2. The van der Waals surface area contributed by atoms with E-state index in [0.717, 1.165) is 23.5 Å². The molecule has 9 heteroatoms. The molecule has 1 atom stereocenters. The van der Waals surface area contributed by atoms with Crippen LogP contribution in [0.3, 0.4) is 0 Å². The average molecular weight is 525 g/mol. The van der Waals surface area contributed by atoms with Gasteiger partial charge in [0.2, 0.25) is 0 Å². The van der Waals surface area contributed by atoms with Crippen LogP contribution in [0.25, 0.3) is 0 Å². The monoisotopic (exact) mass is 524 g/mol. The van der Waals surface area contributed by atoms with Gasteiger partial charge < -0.3 is 25.4 Å². The summed E-state index contributed by atoms with van der Waals surface area (Å²) in [7, 11) is 3.36. The molecule has 0 spiro atoms. The third-order valence-electron chi connectivity index (χ3n) is 5.75. The zero-order chi connectivity index (χ0) is 26.3. The van der Waals surface area contributed by atoms with E-state index in [2.05, 4.69) is 33.0 Å². The molecule has 1 unspecified atom stereocenters. The molecule has 0 saturated carbocycles. The molecule has 0 aliphatic heterocycles. The Hall–Kier alpha value is -3.24. The molecule has 1 heterocycles. The van der Waals surface area contributed by atoms with Crippen molar-refractivity contribution in [3.8, 4) is 0 Å². The van der Waals surface area contributed by atoms with Crippen molar-refractivity contribution in [2.75, 3.05) is 52.4 Å². The minimum absolute atomic E-state index is 0.145. The summed E-state index contributed by atoms with van der Waals surface area (Å²) in [5.41, 5.74) is 2.17. The first-order valence-corrected chi connectivity index (χ1v) is 13.2. The maximum Gasteiger partial charge on any atom is 0.319 e. The summed E-state index contributed by atoms with van der Waals surface area (Å²) in [6.45, 7) is 3.76. The molecule has 37 heavy (non-hydrogen) atoms. The van der Waals surface area contributed by atoms with Crippen LogP contribution in [0.5, 0.6) is 0 Å². The molecule has 0 saturated heterocycles. The highest BCUT2D eigenvalue weighted by molar-refractivity contribution is 7.09. The van der Waals surface area contributed by atoms with E-state index in [1.165, 1.54) is 0 Å². The number of hydrogen-bond acceptors (Lipinski definition) is 6. The highest BCUT2D eigenvalue weighted by Crippen LogP contribution is 2.13. The number of rotatable bonds is 15. The van der Waals surface area contributed by atoms with Crippen LogP contribution in [0.2, 0.25) is 0 Å². The predicted octanol–water partition coefficient (Wildman–Crippen LogP) is 4.01. The number of carbonyl (C=O) groups is 2. The van der Waals surface area contributed by atoms with Gasteiger partial charge in [-0.15, -0.1) is 11.3 Å². The van der Waals surface area contributed by atoms with E-state index in [1.54, 1.807) is 49.8 Å². The molecule has 3 N–H and O–H groups in total. The molecule has 3 aromatic rings. The molecule has 0 aliphatic carbocycles. The van der Waals surface area contributed by atoms with Gasteiger partial charge >= 0.3 is 6.03 Å². The lowest BCUT2D eigenvalue weighted by atomic mass is 10.1. The summed E-state index contributed by atoms with van der Waals surface area (Å²) in [6, 6.07) is 20.5. The smallest absolute Gasteiger partial charge is 0.319 e. The maximum absolute atomic E-state index is 13.0. The molecular formula is C28H36N4O4S. The van der Waals surface area contributed by atoms with Crippen molar-refractivity contribution in [1.82, 2.24) is 15.5 Å². The van der Waals surface area contributed by atoms with E-state index in [-0.39, 0.29) is 18.0 Å². The van der Waals surface area contributed by atoms with Gasteiger partial charge in [0.15, 0.2) is 0 Å². The molecule has 0 fully saturated rings. The van der Waals surface area contributed by atoms with Crippen molar-refractivity contribution in [2.24, 2.45) is 0 Å². The van der Waals surface area contributed by atoms with E-state index < -0.39 is 0 Å². The summed E-state index contributed by atoms with van der Waals surface area (Å²) < 4.78 is 10.5. The number of nitrogens with zero attached hydrogens (tertiary/aromatic N) is 1. The largest absolute Gasteiger partial charge is 0.383 e. The lowest BCUT2D eigenvalue weighted by Gasteiger charge is -2.28. The number of carbonyl (C=O) groups excluding carboxylic acids is 2. The lowest BCUT2D eigenvalue weighted by molar-refractivity contribution is 0.0951. The van der Waals surface area contributed by atoms with Crippen LogP contribution in [0.4, 0.5) is 10.5 Å². The van der Waals surface area contributed by atoms with Gasteiger partial charge in [0.1, 0.15) is 0 Å². The number of nitrogens with one attached hydrogen (secondary N) is 3. The van der Waals surface area contributed by atoms with Gasteiger partial charge in [-0.2, -0.15) is 0 Å². The summed E-state index contributed by atoms with van der Waals surface area (Å²) in [6.07, 6.45) is 0.676. The van der Waals surface area contributed by atoms with Crippen molar-refractivity contribution in [3.05, 3.63) is 88.1 Å². The Morgan fingerprint density at radius 2 is 1.70 bits per heavy atom. The number of thiophene rings is 1. The zero-order valence-corrected chi connectivity index (χ0v) is 22.3. The molecule has 1 aromatic heterocycles. The van der Waals surface area contributed by atoms with Crippen LogP contribution in [0.15, 0.2) is 72.1 Å². The third kappa shape index (κ3) is 10.3. The fourth-order valence-electron chi connectivity index (χ4n) is 3.88. The molecule has 0 aliphatic rings. The SMILES string of the molecule is COCCN(CCOC)CC(Cc1ccccc1)NC(=O)Nc1cccc(C(=O)NCc2cccs2)c1. The maximum atomic E-state index is 13.0. The molecule has 0 bridgehead atoms. The Morgan fingerprint density at radius 3 is 2.38 bits per heavy atom. The second-order valence-electron chi connectivity index (χ2n) is 8.61. The predicted molar refractivity (Wildman–Crippen MR) is 148 cm³/mol. The van der Waals surface area contributed by atoms with Crippen molar-refractivity contribution in [2.45, 2.75) is 19.0 Å². The number of benzene rings is 2. The Labute approximate surface area is 223 Å². The highest BCUT2D eigenvalue weighted by Gasteiger charge is 2.18. The van der Waals surface area contributed by atoms with Crippen LogP contribution >= 0.6 is 11.3 Å². The van der Waals surface area contributed by atoms with E-state index in [0.29, 0.717) is 44.0 Å². The second kappa shape index (κ2) is 15.8. The van der Waals surface area contributed by atoms with Crippen LogP contribution in [-0.2, 0) is 22.4 Å². The van der Waals surface area contributed by atoms with Crippen LogP contribution in [0, 0.1) is 0 Å². The first kappa shape index (κ1) is 28.3. The fraction of sp³-hybridized carbons (Fsp3) is 0.357. The Bertz CT molecular complexity index is 1070. The topological polar surface area (TPSA) is 91.9 Å². The van der Waals surface area contributed by atoms with Gasteiger partial charge in [-0.05, 0) is 41.6 Å².